The quantitative estimate of drug-likeness (QED) is 0.644. The number of benzene rings is 2. The first-order valence-electron chi connectivity index (χ1n) is 10.6. The molecule has 1 aliphatic rings. The molecule has 1 atom stereocenters. The molecule has 1 saturated heterocycles. The second-order valence-electron chi connectivity index (χ2n) is 8.17. The maximum absolute atomic E-state index is 12.3. The molecule has 0 radical (unpaired) electrons. The van der Waals surface area contributed by atoms with Gasteiger partial charge in [0.1, 0.15) is 0 Å². The summed E-state index contributed by atoms with van der Waals surface area (Å²) in [4.78, 5) is 12.3. The van der Waals surface area contributed by atoms with Gasteiger partial charge in [0, 0.05) is 43.2 Å². The minimum atomic E-state index is 0.104. The van der Waals surface area contributed by atoms with Gasteiger partial charge in [0.15, 0.2) is 0 Å². The maximum atomic E-state index is 12.3. The summed E-state index contributed by atoms with van der Waals surface area (Å²) in [6.45, 7) is 6.60. The second kappa shape index (κ2) is 8.83. The molecule has 1 unspecified atom stereocenters. The highest BCUT2D eigenvalue weighted by molar-refractivity contribution is 5.85. The fraction of sp³-hybridized carbons (Fsp3) is 0.400. The molecule has 4 rings (SSSR count). The average Bonchev–Trinajstić information content (AvgIpc) is 3.36. The highest BCUT2D eigenvalue weighted by Gasteiger charge is 2.16. The summed E-state index contributed by atoms with van der Waals surface area (Å²) in [7, 11) is 0. The Balaban J connectivity index is 1.47. The smallest absolute Gasteiger partial charge is 0.220 e. The van der Waals surface area contributed by atoms with Crippen LogP contribution in [-0.4, -0.2) is 29.7 Å². The number of hydrogen-bond donors (Lipinski definition) is 1. The van der Waals surface area contributed by atoms with Crippen LogP contribution in [0.5, 0.6) is 0 Å². The van der Waals surface area contributed by atoms with E-state index >= 15 is 0 Å². The summed E-state index contributed by atoms with van der Waals surface area (Å²) in [5.41, 5.74) is 6.39. The lowest BCUT2D eigenvalue weighted by molar-refractivity contribution is -0.121. The van der Waals surface area contributed by atoms with Crippen LogP contribution < -0.4 is 5.32 Å². The molecule has 1 N–H and O–H groups in total. The molecule has 0 saturated carbocycles. The van der Waals surface area contributed by atoms with Gasteiger partial charge in [0.2, 0.25) is 5.91 Å². The molecule has 2 aromatic carbocycles. The van der Waals surface area contributed by atoms with Crippen LogP contribution in [0.25, 0.3) is 10.9 Å². The fourth-order valence-electron chi connectivity index (χ4n) is 4.18. The first-order chi connectivity index (χ1) is 14.1. The fourth-order valence-corrected chi connectivity index (χ4v) is 4.18. The lowest BCUT2D eigenvalue weighted by atomic mass is 10.1. The Morgan fingerprint density at radius 2 is 2.03 bits per heavy atom. The van der Waals surface area contributed by atoms with Crippen LogP contribution in [0.3, 0.4) is 0 Å². The predicted octanol–water partition coefficient (Wildman–Crippen LogP) is 4.53. The molecule has 152 valence electrons. The zero-order chi connectivity index (χ0) is 20.2. The van der Waals surface area contributed by atoms with Crippen LogP contribution in [0.4, 0.5) is 0 Å². The highest BCUT2D eigenvalue weighted by Crippen LogP contribution is 2.24. The normalized spacial score (nSPS) is 16.4. The number of ether oxygens (including phenoxy) is 1. The summed E-state index contributed by atoms with van der Waals surface area (Å²) in [5.74, 6) is 0.104. The lowest BCUT2D eigenvalue weighted by Crippen LogP contribution is -2.31. The van der Waals surface area contributed by atoms with Crippen LogP contribution in [0.15, 0.2) is 48.7 Å². The van der Waals surface area contributed by atoms with Crippen molar-refractivity contribution in [2.75, 3.05) is 13.2 Å². The van der Waals surface area contributed by atoms with Gasteiger partial charge in [-0.3, -0.25) is 4.79 Å². The van der Waals surface area contributed by atoms with Crippen molar-refractivity contribution in [2.45, 2.75) is 52.2 Å². The third-order valence-electron chi connectivity index (χ3n) is 5.89. The number of aryl methyl sites for hydroxylation is 3. The molecule has 0 bridgehead atoms. The van der Waals surface area contributed by atoms with E-state index in [1.54, 1.807) is 0 Å². The van der Waals surface area contributed by atoms with Gasteiger partial charge in [0.25, 0.3) is 0 Å². The van der Waals surface area contributed by atoms with Crippen molar-refractivity contribution in [3.63, 3.8) is 0 Å². The number of nitrogens with one attached hydrogen (secondary N) is 1. The van der Waals surface area contributed by atoms with Gasteiger partial charge in [0.05, 0.1) is 6.10 Å². The van der Waals surface area contributed by atoms with Crippen molar-refractivity contribution in [1.29, 1.82) is 0 Å². The van der Waals surface area contributed by atoms with E-state index in [4.69, 9.17) is 4.74 Å². The number of aromatic nitrogens is 1. The number of amides is 1. The van der Waals surface area contributed by atoms with Crippen molar-refractivity contribution >= 4 is 16.8 Å². The van der Waals surface area contributed by atoms with Gasteiger partial charge in [-0.25, -0.2) is 0 Å². The highest BCUT2D eigenvalue weighted by atomic mass is 16.5. The van der Waals surface area contributed by atoms with Crippen LogP contribution in [-0.2, 0) is 22.5 Å². The molecule has 1 aliphatic heterocycles. The summed E-state index contributed by atoms with van der Waals surface area (Å²) in [5, 5.41) is 4.27. The molecular weight excluding hydrogens is 360 g/mol. The van der Waals surface area contributed by atoms with Crippen molar-refractivity contribution in [3.05, 3.63) is 70.9 Å². The van der Waals surface area contributed by atoms with Crippen LogP contribution in [0.2, 0.25) is 0 Å². The topological polar surface area (TPSA) is 43.3 Å². The standard InChI is InChI=1S/C25H30N2O2/c1-18-9-10-19(2)21(14-18)17-27-16-20(23-7-3-4-8-24(23)27)11-12-25(28)26-15-22-6-5-13-29-22/h3-4,7-10,14,16,22H,5-6,11-13,15,17H2,1-2H3,(H,26,28). The SMILES string of the molecule is Cc1ccc(C)c(Cn2cc(CCC(=O)NCC3CCCO3)c3ccccc32)c1. The molecule has 2 heterocycles. The van der Waals surface area contributed by atoms with Crippen molar-refractivity contribution in [1.82, 2.24) is 9.88 Å². The minimum absolute atomic E-state index is 0.104. The number of para-hydroxylation sites is 1. The van der Waals surface area contributed by atoms with E-state index in [1.807, 2.05) is 0 Å². The first kappa shape index (κ1) is 19.7. The molecule has 1 aromatic heterocycles. The number of fused-ring (bicyclic) bond motifs is 1. The molecule has 1 amide bonds. The molecule has 0 aliphatic carbocycles. The maximum Gasteiger partial charge on any atom is 0.220 e. The van der Waals surface area contributed by atoms with Gasteiger partial charge >= 0.3 is 0 Å². The zero-order valence-electron chi connectivity index (χ0n) is 17.4. The number of carbonyl (C=O) groups excluding carboxylic acids is 1. The van der Waals surface area contributed by atoms with Gasteiger partial charge < -0.3 is 14.6 Å². The third-order valence-corrected chi connectivity index (χ3v) is 5.89. The first-order valence-corrected chi connectivity index (χ1v) is 10.6. The van der Waals surface area contributed by atoms with Gasteiger partial charge in [-0.2, -0.15) is 0 Å². The zero-order valence-corrected chi connectivity index (χ0v) is 17.4. The van der Waals surface area contributed by atoms with E-state index in [-0.39, 0.29) is 12.0 Å². The number of nitrogens with zero attached hydrogens (tertiary/aromatic N) is 1. The van der Waals surface area contributed by atoms with E-state index < -0.39 is 0 Å². The summed E-state index contributed by atoms with van der Waals surface area (Å²) in [6, 6.07) is 15.1. The Bertz CT molecular complexity index is 999. The van der Waals surface area contributed by atoms with Crippen LogP contribution in [0.1, 0.15) is 41.5 Å². The summed E-state index contributed by atoms with van der Waals surface area (Å²) in [6.07, 6.45) is 5.81. The summed E-state index contributed by atoms with van der Waals surface area (Å²) < 4.78 is 7.90. The minimum Gasteiger partial charge on any atom is -0.376 e. The molecule has 29 heavy (non-hydrogen) atoms. The molecule has 4 heteroatoms. The lowest BCUT2D eigenvalue weighted by Gasteiger charge is -2.10. The molecule has 0 spiro atoms. The number of carbonyl (C=O) groups is 1. The Morgan fingerprint density at radius 1 is 1.17 bits per heavy atom. The number of rotatable bonds is 7. The largest absolute Gasteiger partial charge is 0.376 e. The predicted molar refractivity (Wildman–Crippen MR) is 117 cm³/mol. The molecular formula is C25H30N2O2. The van der Waals surface area contributed by atoms with Gasteiger partial charge in [-0.1, -0.05) is 42.0 Å². The van der Waals surface area contributed by atoms with E-state index in [9.17, 15) is 4.79 Å². The Kier molecular flexibility index (Phi) is 6.00. The van der Waals surface area contributed by atoms with E-state index in [2.05, 4.69) is 72.4 Å². The van der Waals surface area contributed by atoms with E-state index in [1.165, 1.54) is 33.2 Å². The van der Waals surface area contributed by atoms with Crippen molar-refractivity contribution in [2.24, 2.45) is 0 Å². The molecule has 1 fully saturated rings. The molecule has 4 nitrogen and oxygen atoms in total. The number of hydrogen-bond acceptors (Lipinski definition) is 2. The van der Waals surface area contributed by atoms with Crippen molar-refractivity contribution < 1.29 is 9.53 Å². The Hall–Kier alpha value is -2.59. The van der Waals surface area contributed by atoms with Crippen molar-refractivity contribution in [3.8, 4) is 0 Å². The summed E-state index contributed by atoms with van der Waals surface area (Å²) >= 11 is 0. The Labute approximate surface area is 172 Å². The third kappa shape index (κ3) is 4.70. The van der Waals surface area contributed by atoms with Gasteiger partial charge in [-0.05, 0) is 55.9 Å². The van der Waals surface area contributed by atoms with Crippen LogP contribution >= 0.6 is 0 Å². The Morgan fingerprint density at radius 3 is 2.86 bits per heavy atom. The van der Waals surface area contributed by atoms with E-state index in [0.29, 0.717) is 13.0 Å². The van der Waals surface area contributed by atoms with E-state index in [0.717, 1.165) is 32.4 Å². The van der Waals surface area contributed by atoms with Gasteiger partial charge in [-0.15, -0.1) is 0 Å². The monoisotopic (exact) mass is 390 g/mol. The molecule has 3 aromatic rings. The van der Waals surface area contributed by atoms with Crippen LogP contribution in [0, 0.1) is 13.8 Å². The second-order valence-corrected chi connectivity index (χ2v) is 8.17. The average molecular weight is 391 g/mol.